The molecule has 0 spiro atoms. The topological polar surface area (TPSA) is 185 Å². The number of carbonyl (C=O) groups is 3. The van der Waals surface area contributed by atoms with Crippen molar-refractivity contribution in [3.63, 3.8) is 0 Å². The molecule has 0 radical (unpaired) electrons. The summed E-state index contributed by atoms with van der Waals surface area (Å²) in [6.45, 7) is 7.69. The number of carbonyl (C=O) groups excluding carboxylic acids is 2. The molecule has 16 aliphatic carbocycles. The van der Waals surface area contributed by atoms with Crippen molar-refractivity contribution in [3.05, 3.63) is 110 Å². The molecule has 0 aliphatic heterocycles. The molecule has 77 heavy (non-hydrogen) atoms. The van der Waals surface area contributed by atoms with E-state index in [9.17, 15) is 14.4 Å². The number of nitriles is 1. The van der Waals surface area contributed by atoms with Crippen LogP contribution in [-0.2, 0) is 19.1 Å². The number of ketones is 1. The van der Waals surface area contributed by atoms with E-state index in [2.05, 4.69) is 116 Å². The number of aliphatic carboxylic acids is 1. The van der Waals surface area contributed by atoms with Crippen LogP contribution in [0.4, 0.5) is 0 Å². The van der Waals surface area contributed by atoms with Gasteiger partial charge in [-0.05, 0) is 204 Å². The number of fused-ring (bicyclic) bond motifs is 16. The second-order valence-corrected chi connectivity index (χ2v) is 26.3. The first-order valence-electron chi connectivity index (χ1n) is 30.1. The maximum Gasteiger partial charge on any atom is 0.307 e. The second-order valence-electron chi connectivity index (χ2n) is 26.3. The van der Waals surface area contributed by atoms with Gasteiger partial charge in [-0.25, -0.2) is 0 Å². The largest absolute Gasteiger partial charge is 0.481 e. The molecule has 0 aromatic heterocycles. The fourth-order valence-electron chi connectivity index (χ4n) is 16.7. The molecule has 0 aromatic carbocycles. The van der Waals surface area contributed by atoms with Gasteiger partial charge in [0.25, 0.3) is 0 Å². The molecule has 8 fully saturated rings. The quantitative estimate of drug-likeness (QED) is 0.121. The van der Waals surface area contributed by atoms with Crippen LogP contribution in [0.25, 0.3) is 0 Å². The lowest BCUT2D eigenvalue weighted by atomic mass is 9.77. The molecule has 23 unspecified atom stereocenters. The number of aliphatic hydroxyl groups excluding tert-OH is 4. The summed E-state index contributed by atoms with van der Waals surface area (Å²) in [6.07, 6.45) is 56.5. The van der Waals surface area contributed by atoms with Crippen molar-refractivity contribution in [2.75, 3.05) is 19.8 Å². The molecular weight excluding hydrogens is 963 g/mol. The van der Waals surface area contributed by atoms with Crippen molar-refractivity contribution in [1.29, 1.82) is 5.26 Å². The summed E-state index contributed by atoms with van der Waals surface area (Å²) in [5.41, 5.74) is -0.181. The number of hydrogen-bond donors (Lipinski definition) is 5. The van der Waals surface area contributed by atoms with Crippen molar-refractivity contribution in [1.82, 2.24) is 0 Å². The maximum absolute atomic E-state index is 11.0. The van der Waals surface area contributed by atoms with Gasteiger partial charge in [0.2, 0.25) is 0 Å². The van der Waals surface area contributed by atoms with E-state index in [1.165, 1.54) is 58.3 Å². The molecule has 0 saturated heterocycles. The third kappa shape index (κ3) is 13.8. The van der Waals surface area contributed by atoms with Crippen LogP contribution in [0.2, 0.25) is 0 Å². The van der Waals surface area contributed by atoms with Gasteiger partial charge in [-0.3, -0.25) is 14.4 Å². The average Bonchev–Trinajstić information content (AvgIpc) is 4.28. The molecule has 10 heteroatoms. The third-order valence-electron chi connectivity index (χ3n) is 21.2. The van der Waals surface area contributed by atoms with Gasteiger partial charge in [0.1, 0.15) is 11.9 Å². The molecule has 5 N–H and O–H groups in total. The minimum absolute atomic E-state index is 0.00926. The zero-order valence-electron chi connectivity index (χ0n) is 46.1. The van der Waals surface area contributed by atoms with Crippen molar-refractivity contribution in [2.45, 2.75) is 129 Å². The van der Waals surface area contributed by atoms with Gasteiger partial charge in [-0.15, -0.1) is 6.58 Å². The molecule has 10 nitrogen and oxygen atoms in total. The molecule has 0 heterocycles. The van der Waals surface area contributed by atoms with Crippen LogP contribution in [0, 0.1) is 141 Å². The zero-order valence-corrected chi connectivity index (χ0v) is 46.1. The van der Waals surface area contributed by atoms with Crippen molar-refractivity contribution in [3.8, 4) is 6.07 Å². The summed E-state index contributed by atoms with van der Waals surface area (Å²) >= 11 is 0. The zero-order chi connectivity index (χ0) is 54.4. The highest BCUT2D eigenvalue weighted by Crippen LogP contribution is 2.52. The van der Waals surface area contributed by atoms with E-state index in [4.69, 9.17) is 35.5 Å². The van der Waals surface area contributed by atoms with Gasteiger partial charge in [-0.2, -0.15) is 5.26 Å². The molecule has 16 rings (SSSR count). The summed E-state index contributed by atoms with van der Waals surface area (Å²) in [7, 11) is 0. The summed E-state index contributed by atoms with van der Waals surface area (Å²) in [6, 6.07) is 2.34. The Hall–Kier alpha value is -4.40. The molecule has 16 aliphatic rings. The Morgan fingerprint density at radius 3 is 1.26 bits per heavy atom. The number of ether oxygens (including phenoxy) is 1. The van der Waals surface area contributed by atoms with Crippen LogP contribution in [0.5, 0.6) is 0 Å². The average molecular weight is 1050 g/mol. The summed E-state index contributed by atoms with van der Waals surface area (Å²) in [4.78, 5) is 32.2. The van der Waals surface area contributed by atoms with E-state index >= 15 is 0 Å². The van der Waals surface area contributed by atoms with Gasteiger partial charge >= 0.3 is 11.9 Å². The fourth-order valence-corrected chi connectivity index (χ4v) is 16.7. The number of aliphatic hydroxyl groups is 4. The Kier molecular flexibility index (Phi) is 19.2. The first-order chi connectivity index (χ1) is 37.2. The van der Waals surface area contributed by atoms with Gasteiger partial charge in [0, 0.05) is 36.7 Å². The molecule has 16 bridgehead atoms. The van der Waals surface area contributed by atoms with Crippen LogP contribution in [0.15, 0.2) is 110 Å². The van der Waals surface area contributed by atoms with Crippen LogP contribution < -0.4 is 0 Å². The summed E-state index contributed by atoms with van der Waals surface area (Å²) in [5.74, 6) is 12.1. The van der Waals surface area contributed by atoms with Crippen LogP contribution in [0.1, 0.15) is 117 Å². The van der Waals surface area contributed by atoms with Gasteiger partial charge in [0.05, 0.1) is 37.2 Å². The number of allylic oxidation sites excluding steroid dienone is 15. The molecule has 8 saturated carbocycles. The highest BCUT2D eigenvalue weighted by Gasteiger charge is 2.48. The van der Waals surface area contributed by atoms with E-state index < -0.39 is 5.97 Å². The fraction of sp³-hybridized carbons (Fsp3) is 0.672. The minimum atomic E-state index is -0.614. The second kappa shape index (κ2) is 25.8. The number of rotatable bonds is 7. The highest BCUT2D eigenvalue weighted by molar-refractivity contribution is 5.79. The van der Waals surface area contributed by atoms with Gasteiger partial charge < -0.3 is 30.3 Å². The monoisotopic (exact) mass is 1050 g/mol. The maximum atomic E-state index is 11.0. The Bertz CT molecular complexity index is 2320. The Labute approximate surface area is 460 Å². The lowest BCUT2D eigenvalue weighted by molar-refractivity contribution is -0.147. The molecule has 23 atom stereocenters. The third-order valence-corrected chi connectivity index (χ3v) is 21.2. The van der Waals surface area contributed by atoms with Gasteiger partial charge in [-0.1, -0.05) is 103 Å². The number of hydrogen-bond acceptors (Lipinski definition) is 9. The van der Waals surface area contributed by atoms with Crippen LogP contribution in [-0.4, -0.2) is 75.3 Å². The summed E-state index contributed by atoms with van der Waals surface area (Å²) < 4.78 is 5.15. The SMILES string of the molecule is C=CC1CC2C=CC1C2.CC(=O)C1CC2C=CC1C2.CC(=O)OC1CC2C=CC1C2.N#CC1CC2C=CC1C2.O=C(O)C1CC2C=CC1C2.OC1CC2C=CC1C2.OCC1(CO)CC2C=CC1C2.OCC1CC2C=CC1C2. The first kappa shape index (κ1) is 57.3. The highest BCUT2D eigenvalue weighted by atomic mass is 16.5. The number of Topliss-reactive ketones (excluding diaryl/α,β-unsaturated/α-hetero) is 1. The number of carboxylic acids is 1. The Morgan fingerprint density at radius 2 is 1.03 bits per heavy atom. The smallest absolute Gasteiger partial charge is 0.307 e. The molecular formula is C67H91NO9. The molecule has 0 aromatic rings. The number of nitrogens with zero attached hydrogens (tertiary/aromatic N) is 1. The summed E-state index contributed by atoms with van der Waals surface area (Å²) in [5, 5.41) is 53.6. The molecule has 0 amide bonds. The molecule has 418 valence electrons. The normalized spacial score (nSPS) is 43.6. The minimum Gasteiger partial charge on any atom is -0.481 e. The van der Waals surface area contributed by atoms with E-state index in [1.807, 2.05) is 0 Å². The van der Waals surface area contributed by atoms with E-state index in [0.717, 1.165) is 98.7 Å². The lowest BCUT2D eigenvalue weighted by Crippen LogP contribution is -2.33. The standard InChI is InChI=1S/C9H12O2.C9H14O2.C9H12O.C9H12.C8H9N.C8H10O2.C8H12O.C7H10O/c1-6(10)11-9-5-7-2-3-8(9)4-7;10-5-9(6-11)4-7-1-2-8(9)3-7;1-6(10)9-5-7-2-3-8(9)4-7;1-2-8-5-7-3-4-9(8)6-7;9-5-8-4-6-1-2-7(8)3-6;9-8(10)7-4-5-1-2-6(7)3-5;9-5-8-4-6-1-2-7(8)3-6;8-7-4-5-1-2-6(7)3-5/h2-3,7-9H,4-5H2,1H3;1-2,7-8,10-11H,3-6H2;2-3,7-9H,4-5H2,1H3;2-4,7-9H,1,5-6H2;1-2,6-8H,3-4H2;1-2,5-7H,3-4H2,(H,9,10);1-2,6-9H,3-5H2;1-2,5-8H,3-4H2. The predicted octanol–water partition coefficient (Wildman–Crippen LogP) is 11.4. The Morgan fingerprint density at radius 1 is 0.545 bits per heavy atom. The van der Waals surface area contributed by atoms with E-state index in [0.29, 0.717) is 83.4 Å². The predicted molar refractivity (Wildman–Crippen MR) is 300 cm³/mol. The lowest BCUT2D eigenvalue weighted by Gasteiger charge is -2.31. The first-order valence-corrected chi connectivity index (χ1v) is 30.1. The van der Waals surface area contributed by atoms with E-state index in [1.54, 1.807) is 6.92 Å². The van der Waals surface area contributed by atoms with Crippen molar-refractivity contribution >= 4 is 17.7 Å². The van der Waals surface area contributed by atoms with Crippen LogP contribution in [0.3, 0.4) is 0 Å². The van der Waals surface area contributed by atoms with Crippen LogP contribution >= 0.6 is 0 Å². The van der Waals surface area contributed by atoms with E-state index in [-0.39, 0.29) is 42.7 Å². The Balaban J connectivity index is 0.000000107. The number of carboxylic acid groups (broad SMARTS) is 1. The van der Waals surface area contributed by atoms with Gasteiger partial charge in [0.15, 0.2) is 0 Å². The van der Waals surface area contributed by atoms with Crippen molar-refractivity contribution < 1.29 is 44.7 Å². The number of esters is 1. The van der Waals surface area contributed by atoms with Crippen molar-refractivity contribution in [2.24, 2.45) is 130 Å².